The van der Waals surface area contributed by atoms with E-state index in [2.05, 4.69) is 101 Å². The van der Waals surface area contributed by atoms with Gasteiger partial charge in [-0.3, -0.25) is 9.69 Å². The quantitative estimate of drug-likeness (QED) is 0.180. The van der Waals surface area contributed by atoms with Crippen LogP contribution in [0.2, 0.25) is 0 Å². The lowest BCUT2D eigenvalue weighted by atomic mass is 9.88. The van der Waals surface area contributed by atoms with Gasteiger partial charge in [0.1, 0.15) is 12.4 Å². The van der Waals surface area contributed by atoms with Crippen molar-refractivity contribution in [2.45, 2.75) is 32.4 Å². The molecule has 0 spiro atoms. The molecule has 1 atom stereocenters. The van der Waals surface area contributed by atoms with Crippen LogP contribution in [0.3, 0.4) is 0 Å². The van der Waals surface area contributed by atoms with Crippen LogP contribution in [-0.4, -0.2) is 54.8 Å². The number of hydrogen-bond acceptors (Lipinski definition) is 4. The zero-order valence-electron chi connectivity index (χ0n) is 25.5. The largest absolute Gasteiger partial charge is 0.489 e. The molecule has 1 aromatic heterocycles. The minimum atomic E-state index is -0.136. The highest BCUT2D eigenvalue weighted by Gasteiger charge is 2.24. The smallest absolute Gasteiger partial charge is 0.220 e. The number of benzene rings is 4. The van der Waals surface area contributed by atoms with Gasteiger partial charge in [0.15, 0.2) is 0 Å². The number of nitrogens with one attached hydrogen (secondary N) is 1. The molecular weight excluding hydrogens is 546 g/mol. The molecule has 1 aliphatic rings. The summed E-state index contributed by atoms with van der Waals surface area (Å²) < 4.78 is 14.0. The van der Waals surface area contributed by atoms with Gasteiger partial charge < -0.3 is 19.4 Å². The lowest BCUT2D eigenvalue weighted by Gasteiger charge is -2.26. The van der Waals surface area contributed by atoms with Gasteiger partial charge in [0.05, 0.1) is 13.2 Å². The van der Waals surface area contributed by atoms with Gasteiger partial charge in [-0.25, -0.2) is 0 Å². The third-order valence-electron chi connectivity index (χ3n) is 8.42. The molecule has 1 aliphatic heterocycles. The lowest BCUT2D eigenvalue weighted by molar-refractivity contribution is -0.121. The van der Waals surface area contributed by atoms with Crippen LogP contribution in [0.15, 0.2) is 109 Å². The molecule has 0 aliphatic carbocycles. The number of morpholine rings is 1. The van der Waals surface area contributed by atoms with Crippen LogP contribution in [-0.2, 0) is 22.7 Å². The Morgan fingerprint density at radius 2 is 1.66 bits per heavy atom. The molecule has 0 bridgehead atoms. The molecule has 6 heteroatoms. The standard InChI is InChI=1S/C38H41N3O3/c1-29-14-16-30(17-15-29)26-41-27-36(34-12-5-6-13-37(34)41)35(25-38(42)39-18-19-40-20-22-43-23-21-40)32-10-7-11-33(24-32)44-28-31-8-3-2-4-9-31/h2-17,24,27,35H,18-23,25-26,28H2,1H3,(H,39,42). The molecule has 1 saturated heterocycles. The number of para-hydroxylation sites is 1. The van der Waals surface area contributed by atoms with Crippen LogP contribution in [0.5, 0.6) is 5.75 Å². The van der Waals surface area contributed by atoms with E-state index in [0.29, 0.717) is 19.6 Å². The average Bonchev–Trinajstić information content (AvgIpc) is 3.42. The first-order chi connectivity index (χ1) is 21.6. The van der Waals surface area contributed by atoms with Crippen molar-refractivity contribution in [3.05, 3.63) is 137 Å². The number of rotatable bonds is 12. The topological polar surface area (TPSA) is 55.7 Å². The van der Waals surface area contributed by atoms with Gasteiger partial charge >= 0.3 is 0 Å². The number of nitrogens with zero attached hydrogens (tertiary/aromatic N) is 2. The Bertz CT molecular complexity index is 1660. The Morgan fingerprint density at radius 1 is 0.886 bits per heavy atom. The molecular formula is C38H41N3O3. The Balaban J connectivity index is 1.28. The van der Waals surface area contributed by atoms with Gasteiger partial charge in [0, 0.05) is 62.2 Å². The van der Waals surface area contributed by atoms with Crippen LogP contribution in [0.25, 0.3) is 10.9 Å². The zero-order chi connectivity index (χ0) is 30.1. The van der Waals surface area contributed by atoms with Crippen molar-refractivity contribution >= 4 is 16.8 Å². The van der Waals surface area contributed by atoms with E-state index in [1.165, 1.54) is 16.5 Å². The summed E-state index contributed by atoms with van der Waals surface area (Å²) >= 11 is 0. The molecule has 226 valence electrons. The first-order valence-corrected chi connectivity index (χ1v) is 15.6. The number of carbonyl (C=O) groups excluding carboxylic acids is 1. The number of fused-ring (bicyclic) bond motifs is 1. The molecule has 0 radical (unpaired) electrons. The maximum absolute atomic E-state index is 13.5. The summed E-state index contributed by atoms with van der Waals surface area (Å²) in [5.74, 6) is 0.713. The molecule has 1 unspecified atom stereocenters. The second kappa shape index (κ2) is 14.4. The highest BCUT2D eigenvalue weighted by molar-refractivity contribution is 5.87. The van der Waals surface area contributed by atoms with Crippen LogP contribution >= 0.6 is 0 Å². The van der Waals surface area contributed by atoms with E-state index in [-0.39, 0.29) is 11.8 Å². The third kappa shape index (κ3) is 7.57. The van der Waals surface area contributed by atoms with E-state index in [1.807, 2.05) is 30.3 Å². The maximum atomic E-state index is 13.5. The Morgan fingerprint density at radius 3 is 2.48 bits per heavy atom. The summed E-state index contributed by atoms with van der Waals surface area (Å²) in [5.41, 5.74) is 7.00. The maximum Gasteiger partial charge on any atom is 0.220 e. The predicted molar refractivity (Wildman–Crippen MR) is 176 cm³/mol. The molecule has 6 rings (SSSR count). The monoisotopic (exact) mass is 587 g/mol. The third-order valence-corrected chi connectivity index (χ3v) is 8.42. The molecule has 0 saturated carbocycles. The minimum absolute atomic E-state index is 0.0502. The Hall–Kier alpha value is -4.39. The van der Waals surface area contributed by atoms with Crippen LogP contribution in [0.4, 0.5) is 0 Å². The Kier molecular flexibility index (Phi) is 9.70. The van der Waals surface area contributed by atoms with Crippen LogP contribution in [0.1, 0.15) is 40.2 Å². The van der Waals surface area contributed by atoms with Crippen molar-refractivity contribution in [3.8, 4) is 5.75 Å². The summed E-state index contributed by atoms with van der Waals surface area (Å²) in [6.45, 7) is 8.16. The van der Waals surface area contributed by atoms with Crippen molar-refractivity contribution in [3.63, 3.8) is 0 Å². The number of carbonyl (C=O) groups is 1. The van der Waals surface area contributed by atoms with E-state index >= 15 is 0 Å². The first-order valence-electron chi connectivity index (χ1n) is 15.6. The van der Waals surface area contributed by atoms with Gasteiger partial charge in [-0.1, -0.05) is 90.5 Å². The van der Waals surface area contributed by atoms with Gasteiger partial charge in [-0.15, -0.1) is 0 Å². The highest BCUT2D eigenvalue weighted by Crippen LogP contribution is 2.36. The number of aryl methyl sites for hydroxylation is 1. The van der Waals surface area contributed by atoms with Gasteiger partial charge in [-0.05, 0) is 47.4 Å². The van der Waals surface area contributed by atoms with Crippen molar-refractivity contribution in [1.29, 1.82) is 0 Å². The fraction of sp³-hybridized carbons (Fsp3) is 0.289. The van der Waals surface area contributed by atoms with Crippen molar-refractivity contribution < 1.29 is 14.3 Å². The summed E-state index contributed by atoms with van der Waals surface area (Å²) in [5, 5.41) is 4.37. The molecule has 6 nitrogen and oxygen atoms in total. The fourth-order valence-corrected chi connectivity index (χ4v) is 5.98. The van der Waals surface area contributed by atoms with E-state index in [1.54, 1.807) is 0 Å². The van der Waals surface area contributed by atoms with Gasteiger partial charge in [0.2, 0.25) is 5.91 Å². The molecule has 1 N–H and O–H groups in total. The zero-order valence-corrected chi connectivity index (χ0v) is 25.5. The minimum Gasteiger partial charge on any atom is -0.489 e. The first kappa shape index (κ1) is 29.7. The molecule has 2 heterocycles. The molecule has 1 amide bonds. The van der Waals surface area contributed by atoms with E-state index in [0.717, 1.165) is 67.3 Å². The number of ether oxygens (including phenoxy) is 2. The SMILES string of the molecule is Cc1ccc(Cn2cc(C(CC(=O)NCCN3CCOCC3)c3cccc(OCc4ccccc4)c3)c3ccccc32)cc1. The van der Waals surface area contributed by atoms with E-state index < -0.39 is 0 Å². The van der Waals surface area contributed by atoms with E-state index in [4.69, 9.17) is 9.47 Å². The summed E-state index contributed by atoms with van der Waals surface area (Å²) in [6.07, 6.45) is 2.59. The van der Waals surface area contributed by atoms with Crippen LogP contribution in [0, 0.1) is 6.92 Å². The van der Waals surface area contributed by atoms with Crippen LogP contribution < -0.4 is 10.1 Å². The summed E-state index contributed by atoms with van der Waals surface area (Å²) in [7, 11) is 0. The van der Waals surface area contributed by atoms with Crippen molar-refractivity contribution in [1.82, 2.24) is 14.8 Å². The lowest BCUT2D eigenvalue weighted by Crippen LogP contribution is -2.41. The average molecular weight is 588 g/mol. The second-order valence-electron chi connectivity index (χ2n) is 11.6. The summed E-state index contributed by atoms with van der Waals surface area (Å²) in [4.78, 5) is 15.9. The molecule has 1 fully saturated rings. The fourth-order valence-electron chi connectivity index (χ4n) is 5.98. The summed E-state index contributed by atoms with van der Waals surface area (Å²) in [6, 6.07) is 35.7. The molecule has 5 aromatic rings. The number of hydrogen-bond donors (Lipinski definition) is 1. The Labute approximate surface area is 260 Å². The number of aromatic nitrogens is 1. The predicted octanol–water partition coefficient (Wildman–Crippen LogP) is 6.55. The van der Waals surface area contributed by atoms with Gasteiger partial charge in [0.25, 0.3) is 0 Å². The normalized spacial score (nSPS) is 14.4. The second-order valence-corrected chi connectivity index (χ2v) is 11.6. The van der Waals surface area contributed by atoms with Crippen molar-refractivity contribution in [2.24, 2.45) is 0 Å². The van der Waals surface area contributed by atoms with Gasteiger partial charge in [-0.2, -0.15) is 0 Å². The van der Waals surface area contributed by atoms with E-state index in [9.17, 15) is 4.79 Å². The molecule has 44 heavy (non-hydrogen) atoms. The number of amides is 1. The highest BCUT2D eigenvalue weighted by atomic mass is 16.5. The van der Waals surface area contributed by atoms with Crippen molar-refractivity contribution in [2.75, 3.05) is 39.4 Å². The molecule has 4 aromatic carbocycles.